The first-order valence-corrected chi connectivity index (χ1v) is 14.1. The minimum atomic E-state index is -3.83. The Bertz CT molecular complexity index is 1550. The molecule has 1 saturated heterocycles. The summed E-state index contributed by atoms with van der Waals surface area (Å²) in [7, 11) is -3.83. The van der Waals surface area contributed by atoms with Crippen molar-refractivity contribution in [2.24, 2.45) is 5.92 Å². The van der Waals surface area contributed by atoms with Crippen molar-refractivity contribution < 1.29 is 13.2 Å². The summed E-state index contributed by atoms with van der Waals surface area (Å²) < 4.78 is 28.0. The van der Waals surface area contributed by atoms with Crippen LogP contribution in [-0.2, 0) is 14.8 Å². The van der Waals surface area contributed by atoms with Gasteiger partial charge >= 0.3 is 0 Å². The average molecular weight is 544 g/mol. The van der Waals surface area contributed by atoms with Gasteiger partial charge in [0.15, 0.2) is 0 Å². The number of piperidine rings is 1. The van der Waals surface area contributed by atoms with Crippen molar-refractivity contribution in [3.63, 3.8) is 0 Å². The third-order valence-corrected chi connectivity index (χ3v) is 7.92. The summed E-state index contributed by atoms with van der Waals surface area (Å²) >= 11 is 0. The van der Waals surface area contributed by atoms with Crippen LogP contribution in [-0.4, -0.2) is 47.4 Å². The van der Waals surface area contributed by atoms with Crippen LogP contribution >= 0.6 is 0 Å². The number of hydrogen-bond donors (Lipinski definition) is 2. The van der Waals surface area contributed by atoms with E-state index in [9.17, 15) is 13.2 Å². The Morgan fingerprint density at radius 1 is 0.923 bits per heavy atom. The minimum absolute atomic E-state index is 0.0717. The van der Waals surface area contributed by atoms with Crippen molar-refractivity contribution in [3.05, 3.63) is 84.6 Å². The second kappa shape index (κ2) is 11.2. The van der Waals surface area contributed by atoms with Gasteiger partial charge in [-0.1, -0.05) is 30.3 Å². The lowest BCUT2D eigenvalue weighted by Crippen LogP contribution is -2.38. The van der Waals surface area contributed by atoms with Crippen LogP contribution in [0.2, 0.25) is 0 Å². The highest BCUT2D eigenvalue weighted by Gasteiger charge is 2.26. The molecule has 0 bridgehead atoms. The van der Waals surface area contributed by atoms with E-state index in [1.165, 1.54) is 12.1 Å². The van der Waals surface area contributed by atoms with Crippen molar-refractivity contribution in [3.8, 4) is 11.3 Å². The van der Waals surface area contributed by atoms with E-state index in [1.54, 1.807) is 38.4 Å². The molecule has 1 fully saturated rings. The molecule has 2 aromatic carbocycles. The summed E-state index contributed by atoms with van der Waals surface area (Å²) in [5.74, 6) is 1.31. The van der Waals surface area contributed by atoms with E-state index < -0.39 is 10.0 Å². The lowest BCUT2D eigenvalue weighted by Gasteiger charge is -2.32. The maximum Gasteiger partial charge on any atom is 0.263 e. The van der Waals surface area contributed by atoms with E-state index in [4.69, 9.17) is 0 Å². The quantitative estimate of drug-likeness (QED) is 0.355. The predicted molar refractivity (Wildman–Crippen MR) is 150 cm³/mol. The maximum atomic E-state index is 12.9. The van der Waals surface area contributed by atoms with E-state index in [2.05, 4.69) is 34.9 Å². The number of aromatic nitrogens is 4. The fraction of sp³-hybridized carbons (Fsp3) is 0.250. The molecule has 39 heavy (non-hydrogen) atoms. The number of aryl methyl sites for hydroxylation is 2. The van der Waals surface area contributed by atoms with Gasteiger partial charge in [0.25, 0.3) is 10.0 Å². The molecule has 1 aliphatic heterocycles. The van der Waals surface area contributed by atoms with Crippen molar-refractivity contribution >= 4 is 33.3 Å². The van der Waals surface area contributed by atoms with Crippen LogP contribution in [0, 0.1) is 19.8 Å². The number of nitrogens with one attached hydrogen (secondary N) is 2. The molecule has 2 aromatic heterocycles. The molecule has 5 rings (SSSR count). The van der Waals surface area contributed by atoms with Gasteiger partial charge in [-0.15, -0.1) is 0 Å². The SMILES string of the molecule is Cc1cc(NS(=O)(=O)c2ccc(NC(=O)C3CCN(c4cc(-c5ccccc5)ncn4)CC3)cc2)nc(C)n1. The van der Waals surface area contributed by atoms with Gasteiger partial charge in [-0.3, -0.25) is 9.52 Å². The standard InChI is InChI=1S/C28H29N7O3S/c1-19-16-26(32-20(2)31-19)34-39(37,38)24-10-8-23(9-11-24)33-28(36)22-12-14-35(15-13-22)27-17-25(29-18-30-27)21-6-4-3-5-7-21/h3-11,16-18,22H,12-15H2,1-2H3,(H,33,36)(H,31,32,34). The molecule has 0 saturated carbocycles. The normalized spacial score (nSPS) is 14.2. The summed E-state index contributed by atoms with van der Waals surface area (Å²) in [6, 6.07) is 19.6. The minimum Gasteiger partial charge on any atom is -0.356 e. The first-order valence-electron chi connectivity index (χ1n) is 12.7. The lowest BCUT2D eigenvalue weighted by atomic mass is 9.95. The molecule has 10 nitrogen and oxygen atoms in total. The number of nitrogens with zero attached hydrogens (tertiary/aromatic N) is 5. The van der Waals surface area contributed by atoms with Gasteiger partial charge < -0.3 is 10.2 Å². The van der Waals surface area contributed by atoms with Gasteiger partial charge in [0, 0.05) is 48.1 Å². The highest BCUT2D eigenvalue weighted by atomic mass is 32.2. The molecule has 1 aliphatic rings. The fourth-order valence-corrected chi connectivity index (χ4v) is 5.58. The molecule has 11 heteroatoms. The molecule has 1 amide bonds. The zero-order chi connectivity index (χ0) is 27.4. The zero-order valence-electron chi connectivity index (χ0n) is 21.7. The summed E-state index contributed by atoms with van der Waals surface area (Å²) in [4.78, 5) is 32.3. The van der Waals surface area contributed by atoms with E-state index in [-0.39, 0.29) is 22.5 Å². The van der Waals surface area contributed by atoms with E-state index in [1.807, 2.05) is 36.4 Å². The smallest absolute Gasteiger partial charge is 0.263 e. The number of rotatable bonds is 7. The van der Waals surface area contributed by atoms with Gasteiger partial charge in [0.05, 0.1) is 10.6 Å². The third-order valence-electron chi connectivity index (χ3n) is 6.55. The average Bonchev–Trinajstić information content (AvgIpc) is 2.93. The molecule has 0 spiro atoms. The summed E-state index contributed by atoms with van der Waals surface area (Å²) in [6.07, 6.45) is 2.95. The Morgan fingerprint density at radius 3 is 2.33 bits per heavy atom. The van der Waals surface area contributed by atoms with Crippen LogP contribution in [0.3, 0.4) is 0 Å². The number of amides is 1. The largest absolute Gasteiger partial charge is 0.356 e. The Labute approximate surface area is 227 Å². The van der Waals surface area contributed by atoms with Crippen molar-refractivity contribution in [1.82, 2.24) is 19.9 Å². The summed E-state index contributed by atoms with van der Waals surface area (Å²) in [5.41, 5.74) is 3.10. The van der Waals surface area contributed by atoms with Crippen LogP contribution in [0.1, 0.15) is 24.4 Å². The van der Waals surface area contributed by atoms with Crippen molar-refractivity contribution in [2.75, 3.05) is 28.0 Å². The second-order valence-electron chi connectivity index (χ2n) is 9.45. The van der Waals surface area contributed by atoms with E-state index >= 15 is 0 Å². The second-order valence-corrected chi connectivity index (χ2v) is 11.1. The Morgan fingerprint density at radius 2 is 1.64 bits per heavy atom. The molecular weight excluding hydrogens is 514 g/mol. The Hall–Kier alpha value is -4.38. The molecule has 0 atom stereocenters. The number of anilines is 3. The number of hydrogen-bond acceptors (Lipinski definition) is 8. The third kappa shape index (κ3) is 6.37. The molecule has 2 N–H and O–H groups in total. The molecule has 0 radical (unpaired) electrons. The Balaban J connectivity index is 1.17. The summed E-state index contributed by atoms with van der Waals surface area (Å²) in [5, 5.41) is 2.92. The number of carbonyl (C=O) groups excluding carboxylic acids is 1. The first kappa shape index (κ1) is 26.2. The van der Waals surface area contributed by atoms with E-state index in [0.717, 1.165) is 17.1 Å². The van der Waals surface area contributed by atoms with Gasteiger partial charge in [-0.2, -0.15) is 0 Å². The van der Waals surface area contributed by atoms with Crippen LogP contribution in [0.25, 0.3) is 11.3 Å². The highest BCUT2D eigenvalue weighted by Crippen LogP contribution is 2.26. The zero-order valence-corrected chi connectivity index (χ0v) is 22.5. The molecular formula is C28H29N7O3S. The maximum absolute atomic E-state index is 12.9. The van der Waals surface area contributed by atoms with Gasteiger partial charge in [0.2, 0.25) is 5.91 Å². The molecule has 4 aromatic rings. The van der Waals surface area contributed by atoms with Crippen molar-refractivity contribution in [1.29, 1.82) is 0 Å². The van der Waals surface area contributed by atoms with E-state index in [0.29, 0.717) is 43.1 Å². The lowest BCUT2D eigenvalue weighted by molar-refractivity contribution is -0.120. The van der Waals surface area contributed by atoms with Gasteiger partial charge in [-0.05, 0) is 51.0 Å². The van der Waals surface area contributed by atoms with Gasteiger partial charge in [0.1, 0.15) is 23.8 Å². The van der Waals surface area contributed by atoms with Crippen LogP contribution in [0.15, 0.2) is 78.0 Å². The molecule has 3 heterocycles. The molecule has 0 unspecified atom stereocenters. The van der Waals surface area contributed by atoms with Crippen LogP contribution < -0.4 is 14.9 Å². The number of carbonyl (C=O) groups is 1. The number of benzene rings is 2. The Kier molecular flexibility index (Phi) is 7.51. The first-order chi connectivity index (χ1) is 18.8. The monoisotopic (exact) mass is 543 g/mol. The van der Waals surface area contributed by atoms with Gasteiger partial charge in [-0.25, -0.2) is 28.4 Å². The highest BCUT2D eigenvalue weighted by molar-refractivity contribution is 7.92. The van der Waals surface area contributed by atoms with Crippen LogP contribution in [0.5, 0.6) is 0 Å². The molecule has 200 valence electrons. The topological polar surface area (TPSA) is 130 Å². The van der Waals surface area contributed by atoms with Crippen LogP contribution in [0.4, 0.5) is 17.3 Å². The van der Waals surface area contributed by atoms with Crippen molar-refractivity contribution in [2.45, 2.75) is 31.6 Å². The number of sulfonamides is 1. The summed E-state index contributed by atoms with van der Waals surface area (Å²) in [6.45, 7) is 4.87. The fourth-order valence-electron chi connectivity index (χ4n) is 4.59. The molecule has 0 aliphatic carbocycles. The predicted octanol–water partition coefficient (Wildman–Crippen LogP) is 4.21.